The molecule has 6 nitrogen and oxygen atoms in total. The molecule has 1 fully saturated rings. The maximum atomic E-state index is 13.0. The van der Waals surface area contributed by atoms with Crippen molar-refractivity contribution >= 4 is 5.91 Å². The number of amides is 1. The summed E-state index contributed by atoms with van der Waals surface area (Å²) >= 11 is 0. The Kier molecular flexibility index (Phi) is 6.55. The number of hydrogen-bond acceptors (Lipinski definition) is 4. The van der Waals surface area contributed by atoms with E-state index >= 15 is 0 Å². The fraction of sp³-hybridized carbons (Fsp3) is 0.360. The van der Waals surface area contributed by atoms with Crippen LogP contribution in [0.2, 0.25) is 0 Å². The van der Waals surface area contributed by atoms with Crippen molar-refractivity contribution in [1.82, 2.24) is 14.5 Å². The first-order valence-corrected chi connectivity index (χ1v) is 10.8. The Morgan fingerprint density at radius 1 is 1.06 bits per heavy atom. The lowest BCUT2D eigenvalue weighted by Crippen LogP contribution is -2.38. The van der Waals surface area contributed by atoms with E-state index < -0.39 is 0 Å². The van der Waals surface area contributed by atoms with Crippen LogP contribution in [0, 0.1) is 5.92 Å². The summed E-state index contributed by atoms with van der Waals surface area (Å²) in [4.78, 5) is 19.1. The highest BCUT2D eigenvalue weighted by Gasteiger charge is 2.24. The van der Waals surface area contributed by atoms with Gasteiger partial charge in [0.15, 0.2) is 0 Å². The van der Waals surface area contributed by atoms with Crippen molar-refractivity contribution in [3.8, 4) is 17.2 Å². The average Bonchev–Trinajstić information content (AvgIpc) is 3.37. The molecule has 4 rings (SSSR count). The van der Waals surface area contributed by atoms with Gasteiger partial charge in [0.2, 0.25) is 0 Å². The molecule has 1 saturated heterocycles. The van der Waals surface area contributed by atoms with Crippen LogP contribution in [0.25, 0.3) is 5.69 Å². The van der Waals surface area contributed by atoms with Crippen molar-refractivity contribution in [2.45, 2.75) is 25.7 Å². The Bertz CT molecular complexity index is 986. The van der Waals surface area contributed by atoms with Gasteiger partial charge in [-0.3, -0.25) is 4.79 Å². The predicted molar refractivity (Wildman–Crippen MR) is 120 cm³/mol. The quantitative estimate of drug-likeness (QED) is 0.570. The minimum atomic E-state index is 0.109. The lowest BCUT2D eigenvalue weighted by atomic mass is 9.90. The monoisotopic (exact) mass is 419 g/mol. The summed E-state index contributed by atoms with van der Waals surface area (Å²) in [5.41, 5.74) is 2.91. The lowest BCUT2D eigenvalue weighted by molar-refractivity contribution is 0.0687. The SMILES string of the molecule is COc1cc(CCC2CCN(C(=O)c3cccc(-n4ccnc4)c3)CC2)cc(OC)c1. The van der Waals surface area contributed by atoms with Crippen LogP contribution in [0.15, 0.2) is 61.2 Å². The number of imidazole rings is 1. The van der Waals surface area contributed by atoms with E-state index in [2.05, 4.69) is 17.1 Å². The van der Waals surface area contributed by atoms with Gasteiger partial charge in [0, 0.05) is 42.8 Å². The van der Waals surface area contributed by atoms with Gasteiger partial charge in [-0.15, -0.1) is 0 Å². The molecule has 0 radical (unpaired) electrons. The number of aryl methyl sites for hydroxylation is 1. The van der Waals surface area contributed by atoms with E-state index in [0.29, 0.717) is 5.92 Å². The molecule has 1 aliphatic rings. The zero-order valence-electron chi connectivity index (χ0n) is 18.2. The van der Waals surface area contributed by atoms with Crippen LogP contribution < -0.4 is 9.47 Å². The third kappa shape index (κ3) is 5.08. The molecule has 0 N–H and O–H groups in total. The molecule has 1 aromatic heterocycles. The molecule has 162 valence electrons. The Labute approximate surface area is 183 Å². The highest BCUT2D eigenvalue weighted by Crippen LogP contribution is 2.27. The summed E-state index contributed by atoms with van der Waals surface area (Å²) in [6, 6.07) is 13.8. The first-order valence-electron chi connectivity index (χ1n) is 10.8. The molecule has 1 amide bonds. The number of rotatable bonds is 7. The van der Waals surface area contributed by atoms with Crippen LogP contribution in [0.3, 0.4) is 0 Å². The van der Waals surface area contributed by atoms with Crippen molar-refractivity contribution in [3.63, 3.8) is 0 Å². The summed E-state index contributed by atoms with van der Waals surface area (Å²) in [5.74, 6) is 2.39. The molecule has 2 heterocycles. The fourth-order valence-electron chi connectivity index (χ4n) is 4.20. The normalized spacial score (nSPS) is 14.5. The lowest BCUT2D eigenvalue weighted by Gasteiger charge is -2.32. The van der Waals surface area contributed by atoms with Crippen LogP contribution >= 0.6 is 0 Å². The summed E-state index contributed by atoms with van der Waals surface area (Å²) in [7, 11) is 3.35. The van der Waals surface area contributed by atoms with Gasteiger partial charge in [-0.1, -0.05) is 6.07 Å². The van der Waals surface area contributed by atoms with Gasteiger partial charge in [0.25, 0.3) is 5.91 Å². The van der Waals surface area contributed by atoms with E-state index in [9.17, 15) is 4.79 Å². The molecule has 0 unspecified atom stereocenters. The largest absolute Gasteiger partial charge is 0.497 e. The van der Waals surface area contributed by atoms with Crippen LogP contribution in [0.5, 0.6) is 11.5 Å². The maximum Gasteiger partial charge on any atom is 0.253 e. The third-order valence-electron chi connectivity index (χ3n) is 6.05. The minimum Gasteiger partial charge on any atom is -0.497 e. The Morgan fingerprint density at radius 2 is 1.81 bits per heavy atom. The molecule has 0 bridgehead atoms. The van der Waals surface area contributed by atoms with Crippen LogP contribution in [-0.4, -0.2) is 47.7 Å². The molecule has 3 aromatic rings. The Hall–Kier alpha value is -3.28. The standard InChI is InChI=1S/C25H29N3O3/c1-30-23-14-20(15-24(17-23)31-2)7-6-19-8-11-27(12-9-19)25(29)21-4-3-5-22(16-21)28-13-10-26-18-28/h3-5,10,13-19H,6-9,11-12H2,1-2H3. The number of ether oxygens (including phenoxy) is 2. The maximum absolute atomic E-state index is 13.0. The zero-order valence-corrected chi connectivity index (χ0v) is 18.2. The summed E-state index contributed by atoms with van der Waals surface area (Å²) in [6.07, 6.45) is 9.52. The highest BCUT2D eigenvalue weighted by molar-refractivity contribution is 5.94. The number of carbonyl (C=O) groups is 1. The van der Waals surface area contributed by atoms with Crippen LogP contribution in [0.4, 0.5) is 0 Å². The average molecular weight is 420 g/mol. The van der Waals surface area contributed by atoms with Crippen molar-refractivity contribution in [2.24, 2.45) is 5.92 Å². The first kappa shape index (κ1) is 21.0. The van der Waals surface area contributed by atoms with Gasteiger partial charge in [-0.25, -0.2) is 4.98 Å². The van der Waals surface area contributed by atoms with E-state index in [4.69, 9.17) is 9.47 Å². The number of carbonyl (C=O) groups excluding carboxylic acids is 1. The summed E-state index contributed by atoms with van der Waals surface area (Å²) in [5, 5.41) is 0. The molecule has 6 heteroatoms. The zero-order chi connectivity index (χ0) is 21.6. The number of piperidine rings is 1. The van der Waals surface area contributed by atoms with E-state index in [0.717, 1.165) is 61.5 Å². The molecule has 1 aliphatic heterocycles. The van der Waals surface area contributed by atoms with E-state index in [-0.39, 0.29) is 5.91 Å². The van der Waals surface area contributed by atoms with Crippen molar-refractivity contribution in [2.75, 3.05) is 27.3 Å². The molecular weight excluding hydrogens is 390 g/mol. The van der Waals surface area contributed by atoms with Gasteiger partial charge in [0.1, 0.15) is 11.5 Å². The molecule has 0 spiro atoms. The molecule has 31 heavy (non-hydrogen) atoms. The second-order valence-corrected chi connectivity index (χ2v) is 8.02. The topological polar surface area (TPSA) is 56.6 Å². The highest BCUT2D eigenvalue weighted by atomic mass is 16.5. The first-order chi connectivity index (χ1) is 15.2. The van der Waals surface area contributed by atoms with Crippen LogP contribution in [0.1, 0.15) is 35.2 Å². The summed E-state index contributed by atoms with van der Waals surface area (Å²) < 4.78 is 12.7. The van der Waals surface area contributed by atoms with E-state index in [1.807, 2.05) is 46.0 Å². The van der Waals surface area contributed by atoms with Gasteiger partial charge >= 0.3 is 0 Å². The Morgan fingerprint density at radius 3 is 2.45 bits per heavy atom. The number of methoxy groups -OCH3 is 2. The fourth-order valence-corrected chi connectivity index (χ4v) is 4.20. The van der Waals surface area contributed by atoms with Gasteiger partial charge in [-0.2, -0.15) is 0 Å². The molecule has 0 saturated carbocycles. The predicted octanol–water partition coefficient (Wildman–Crippen LogP) is 4.37. The second-order valence-electron chi connectivity index (χ2n) is 8.02. The van der Waals surface area contributed by atoms with Gasteiger partial charge in [-0.05, 0) is 67.5 Å². The number of hydrogen-bond donors (Lipinski definition) is 0. The van der Waals surface area contributed by atoms with E-state index in [1.54, 1.807) is 26.7 Å². The smallest absolute Gasteiger partial charge is 0.253 e. The van der Waals surface area contributed by atoms with Crippen LogP contribution in [-0.2, 0) is 6.42 Å². The molecule has 0 aliphatic carbocycles. The minimum absolute atomic E-state index is 0.109. The number of nitrogens with zero attached hydrogens (tertiary/aromatic N) is 3. The van der Waals surface area contributed by atoms with E-state index in [1.165, 1.54) is 5.56 Å². The number of likely N-dealkylation sites (tertiary alicyclic amines) is 1. The summed E-state index contributed by atoms with van der Waals surface area (Å²) in [6.45, 7) is 1.61. The molecular formula is C25H29N3O3. The van der Waals surface area contributed by atoms with Crippen molar-refractivity contribution < 1.29 is 14.3 Å². The molecule has 0 atom stereocenters. The second kappa shape index (κ2) is 9.69. The third-order valence-corrected chi connectivity index (χ3v) is 6.05. The number of benzene rings is 2. The van der Waals surface area contributed by atoms with Gasteiger partial charge < -0.3 is 18.9 Å². The van der Waals surface area contributed by atoms with Crippen molar-refractivity contribution in [3.05, 3.63) is 72.3 Å². The van der Waals surface area contributed by atoms with Crippen molar-refractivity contribution in [1.29, 1.82) is 0 Å². The number of aromatic nitrogens is 2. The Balaban J connectivity index is 1.32. The van der Waals surface area contributed by atoms with Gasteiger partial charge in [0.05, 0.1) is 20.5 Å². The molecule has 2 aromatic carbocycles.